The zero-order valence-corrected chi connectivity index (χ0v) is 20.4. The van der Waals surface area contributed by atoms with E-state index in [1.165, 1.54) is 16.9 Å². The molecule has 0 spiro atoms. The molecule has 4 aromatic rings. The van der Waals surface area contributed by atoms with Crippen molar-refractivity contribution in [3.8, 4) is 11.1 Å². The van der Waals surface area contributed by atoms with E-state index in [0.717, 1.165) is 36.1 Å². The zero-order valence-electron chi connectivity index (χ0n) is 18.8. The molecule has 0 unspecified atom stereocenters. The molecular formula is C26H25ClN4O2S. The predicted octanol–water partition coefficient (Wildman–Crippen LogP) is 5.15. The molecule has 34 heavy (non-hydrogen) atoms. The number of anilines is 1. The van der Waals surface area contributed by atoms with E-state index in [1.807, 2.05) is 34.5 Å². The number of amides is 1. The van der Waals surface area contributed by atoms with Crippen LogP contribution < -0.4 is 15.8 Å². The summed E-state index contributed by atoms with van der Waals surface area (Å²) in [6.45, 7) is 3.78. The molecule has 0 saturated carbocycles. The molecule has 2 N–H and O–H groups in total. The van der Waals surface area contributed by atoms with Crippen LogP contribution in [0.5, 0.6) is 0 Å². The number of fused-ring (bicyclic) bond motifs is 1. The number of piperidine rings is 1. The molecule has 1 aliphatic rings. The number of H-pyrrole nitrogens is 1. The molecule has 6 nitrogen and oxygen atoms in total. The van der Waals surface area contributed by atoms with E-state index in [2.05, 4.69) is 41.5 Å². The first-order valence-corrected chi connectivity index (χ1v) is 12.6. The Hall–Kier alpha value is -3.16. The topological polar surface area (TPSA) is 78.1 Å². The molecule has 2 aromatic carbocycles. The van der Waals surface area contributed by atoms with E-state index in [1.54, 1.807) is 0 Å². The molecule has 8 heteroatoms. The molecule has 0 radical (unpaired) electrons. The van der Waals surface area contributed by atoms with Gasteiger partial charge in [-0.3, -0.25) is 14.6 Å². The molecule has 2 aromatic heterocycles. The minimum atomic E-state index is -0.166. The summed E-state index contributed by atoms with van der Waals surface area (Å²) in [5, 5.41) is 5.70. The predicted molar refractivity (Wildman–Crippen MR) is 139 cm³/mol. The summed E-state index contributed by atoms with van der Waals surface area (Å²) in [4.78, 5) is 35.5. The van der Waals surface area contributed by atoms with Crippen molar-refractivity contribution < 1.29 is 4.79 Å². The quantitative estimate of drug-likeness (QED) is 0.404. The summed E-state index contributed by atoms with van der Waals surface area (Å²) in [6.07, 6.45) is 1.66. The highest BCUT2D eigenvalue weighted by atomic mass is 35.5. The van der Waals surface area contributed by atoms with Gasteiger partial charge in [-0.05, 0) is 43.0 Å². The number of hydrogen-bond acceptors (Lipinski definition) is 5. The Morgan fingerprint density at radius 3 is 2.74 bits per heavy atom. The number of nitrogens with one attached hydrogen (secondary N) is 2. The van der Waals surface area contributed by atoms with Crippen LogP contribution in [-0.2, 0) is 11.3 Å². The van der Waals surface area contributed by atoms with Gasteiger partial charge in [0.1, 0.15) is 4.70 Å². The van der Waals surface area contributed by atoms with Crippen LogP contribution >= 0.6 is 22.9 Å². The van der Waals surface area contributed by atoms with Crippen LogP contribution in [0.4, 0.5) is 5.95 Å². The molecule has 1 amide bonds. The lowest BCUT2D eigenvalue weighted by molar-refractivity contribution is -0.125. The molecule has 1 fully saturated rings. The second-order valence-corrected chi connectivity index (χ2v) is 10.0. The van der Waals surface area contributed by atoms with E-state index in [9.17, 15) is 9.59 Å². The number of carbonyl (C=O) groups excluding carboxylic acids is 1. The second-order valence-electron chi connectivity index (χ2n) is 8.71. The highest BCUT2D eigenvalue weighted by Gasteiger charge is 2.27. The number of benzene rings is 2. The second kappa shape index (κ2) is 9.60. The number of rotatable bonds is 5. The van der Waals surface area contributed by atoms with Crippen molar-refractivity contribution in [1.82, 2.24) is 15.3 Å². The Balaban J connectivity index is 1.35. The summed E-state index contributed by atoms with van der Waals surface area (Å²) < 4.78 is 0.619. The first kappa shape index (κ1) is 22.6. The Bertz CT molecular complexity index is 1380. The van der Waals surface area contributed by atoms with Gasteiger partial charge in [-0.15, -0.1) is 11.3 Å². The van der Waals surface area contributed by atoms with Crippen molar-refractivity contribution in [2.75, 3.05) is 18.0 Å². The number of hydrogen-bond donors (Lipinski definition) is 2. The fourth-order valence-electron chi connectivity index (χ4n) is 4.32. The van der Waals surface area contributed by atoms with Crippen molar-refractivity contribution in [3.05, 3.63) is 80.4 Å². The third kappa shape index (κ3) is 4.72. The molecule has 174 valence electrons. The first-order valence-electron chi connectivity index (χ1n) is 11.3. The summed E-state index contributed by atoms with van der Waals surface area (Å²) >= 11 is 7.35. The average molecular weight is 493 g/mol. The van der Waals surface area contributed by atoms with Gasteiger partial charge < -0.3 is 10.2 Å². The van der Waals surface area contributed by atoms with Gasteiger partial charge >= 0.3 is 0 Å². The standard InChI is InChI=1S/C26H25ClN4O2S/c1-16-4-8-18(9-5-16)21-15-34-23-22(21)29-26(30-25(23)33)31-12-2-3-19(14-31)24(32)28-13-17-6-10-20(27)11-7-17/h4-11,15,19H,2-3,12-14H2,1H3,(H,28,32)(H,29,30,33)/t19-/m1/s1. The largest absolute Gasteiger partial charge is 0.352 e. The van der Waals surface area contributed by atoms with Crippen molar-refractivity contribution in [2.24, 2.45) is 5.92 Å². The van der Waals surface area contributed by atoms with E-state index in [4.69, 9.17) is 16.6 Å². The fraction of sp³-hybridized carbons (Fsp3) is 0.269. The van der Waals surface area contributed by atoms with Gasteiger partial charge in [0.05, 0.1) is 11.4 Å². The number of aromatic amines is 1. The van der Waals surface area contributed by atoms with E-state index < -0.39 is 0 Å². The third-order valence-corrected chi connectivity index (χ3v) is 7.47. The Morgan fingerprint density at radius 2 is 1.97 bits per heavy atom. The van der Waals surface area contributed by atoms with Gasteiger partial charge in [0.25, 0.3) is 5.56 Å². The Kier molecular flexibility index (Phi) is 6.39. The molecule has 0 bridgehead atoms. The smallest absolute Gasteiger partial charge is 0.270 e. The van der Waals surface area contributed by atoms with Crippen LogP contribution in [0.25, 0.3) is 21.3 Å². The van der Waals surface area contributed by atoms with Crippen molar-refractivity contribution in [2.45, 2.75) is 26.3 Å². The lowest BCUT2D eigenvalue weighted by atomic mass is 9.97. The Labute approximate surface area is 206 Å². The maximum atomic E-state index is 12.9. The molecule has 1 aliphatic heterocycles. The lowest BCUT2D eigenvalue weighted by Crippen LogP contribution is -2.44. The number of halogens is 1. The summed E-state index contributed by atoms with van der Waals surface area (Å²) in [5.41, 5.74) is 4.76. The van der Waals surface area contributed by atoms with Crippen LogP contribution in [-0.4, -0.2) is 29.0 Å². The van der Waals surface area contributed by atoms with Crippen LogP contribution in [0.3, 0.4) is 0 Å². The normalized spacial score (nSPS) is 16.1. The molecule has 1 atom stereocenters. The lowest BCUT2D eigenvalue weighted by Gasteiger charge is -2.32. The maximum absolute atomic E-state index is 12.9. The van der Waals surface area contributed by atoms with Crippen LogP contribution in [0.1, 0.15) is 24.0 Å². The van der Waals surface area contributed by atoms with Crippen LogP contribution in [0.2, 0.25) is 5.02 Å². The van der Waals surface area contributed by atoms with Gasteiger partial charge in [-0.1, -0.05) is 53.6 Å². The van der Waals surface area contributed by atoms with Crippen LogP contribution in [0.15, 0.2) is 58.7 Å². The highest BCUT2D eigenvalue weighted by molar-refractivity contribution is 7.17. The van der Waals surface area contributed by atoms with E-state index in [-0.39, 0.29) is 17.4 Å². The monoisotopic (exact) mass is 492 g/mol. The van der Waals surface area contributed by atoms with Gasteiger partial charge in [-0.25, -0.2) is 4.98 Å². The number of carbonyl (C=O) groups is 1. The molecule has 0 aliphatic carbocycles. The van der Waals surface area contributed by atoms with Crippen molar-refractivity contribution in [3.63, 3.8) is 0 Å². The van der Waals surface area contributed by atoms with Crippen LogP contribution in [0, 0.1) is 12.8 Å². The molecule has 1 saturated heterocycles. The number of thiophene rings is 1. The fourth-order valence-corrected chi connectivity index (χ4v) is 5.36. The van der Waals surface area contributed by atoms with Gasteiger partial charge in [0.15, 0.2) is 0 Å². The van der Waals surface area contributed by atoms with Crippen molar-refractivity contribution >= 4 is 45.0 Å². The minimum Gasteiger partial charge on any atom is -0.352 e. The highest BCUT2D eigenvalue weighted by Crippen LogP contribution is 2.32. The summed E-state index contributed by atoms with van der Waals surface area (Å²) in [5.74, 6) is 0.375. The summed E-state index contributed by atoms with van der Waals surface area (Å²) in [6, 6.07) is 15.7. The number of nitrogens with zero attached hydrogens (tertiary/aromatic N) is 2. The minimum absolute atomic E-state index is 0.0129. The average Bonchev–Trinajstić information content (AvgIpc) is 3.29. The molecule has 3 heterocycles. The van der Waals surface area contributed by atoms with E-state index in [0.29, 0.717) is 34.3 Å². The third-order valence-electron chi connectivity index (χ3n) is 6.25. The van der Waals surface area contributed by atoms with E-state index >= 15 is 0 Å². The SMILES string of the molecule is Cc1ccc(-c2csc3c(=O)[nH]c(N4CCC[C@@H](C(=O)NCc5ccc(Cl)cc5)C4)nc23)cc1. The Morgan fingerprint density at radius 1 is 1.21 bits per heavy atom. The van der Waals surface area contributed by atoms with Gasteiger partial charge in [0, 0.05) is 35.6 Å². The zero-order chi connectivity index (χ0) is 23.7. The van der Waals surface area contributed by atoms with Gasteiger partial charge in [-0.2, -0.15) is 0 Å². The first-order chi connectivity index (χ1) is 16.5. The number of aryl methyl sites for hydroxylation is 1. The number of aromatic nitrogens is 2. The maximum Gasteiger partial charge on any atom is 0.270 e. The van der Waals surface area contributed by atoms with Crippen molar-refractivity contribution in [1.29, 1.82) is 0 Å². The van der Waals surface area contributed by atoms with Gasteiger partial charge in [0.2, 0.25) is 11.9 Å². The molecular weight excluding hydrogens is 468 g/mol. The summed E-state index contributed by atoms with van der Waals surface area (Å²) in [7, 11) is 0. The molecule has 5 rings (SSSR count).